The van der Waals surface area contributed by atoms with E-state index >= 15 is 0 Å². The number of carboxylic acids is 1. The topological polar surface area (TPSA) is 117 Å². The molecule has 1 aromatic heterocycles. The molecule has 0 saturated carbocycles. The molecular formula is C11H10N2O4S. The Morgan fingerprint density at radius 2 is 2.06 bits per heavy atom. The minimum Gasteiger partial charge on any atom is -0.504 e. The summed E-state index contributed by atoms with van der Waals surface area (Å²) in [6, 6.07) is 3.09. The summed E-state index contributed by atoms with van der Waals surface area (Å²) in [5.41, 5.74) is 6.28. The van der Waals surface area contributed by atoms with E-state index in [1.807, 2.05) is 0 Å². The van der Waals surface area contributed by atoms with Crippen molar-refractivity contribution >= 4 is 17.3 Å². The van der Waals surface area contributed by atoms with Crippen LogP contribution in [0.15, 0.2) is 23.6 Å². The molecule has 0 aliphatic rings. The Labute approximate surface area is 106 Å². The minimum atomic E-state index is -1.17. The van der Waals surface area contributed by atoms with Gasteiger partial charge in [0.2, 0.25) is 0 Å². The van der Waals surface area contributed by atoms with E-state index in [-0.39, 0.29) is 17.2 Å². The predicted molar refractivity (Wildman–Crippen MR) is 65.4 cm³/mol. The number of thiazole rings is 1. The van der Waals surface area contributed by atoms with Crippen LogP contribution in [0.25, 0.3) is 10.6 Å². The number of nitrogens with two attached hydrogens (primary N) is 1. The molecule has 1 aromatic carbocycles. The van der Waals surface area contributed by atoms with E-state index in [0.29, 0.717) is 10.6 Å². The highest BCUT2D eigenvalue weighted by molar-refractivity contribution is 7.13. The molecule has 0 radical (unpaired) electrons. The van der Waals surface area contributed by atoms with Crippen LogP contribution < -0.4 is 5.73 Å². The molecule has 1 unspecified atom stereocenters. The largest absolute Gasteiger partial charge is 0.504 e. The van der Waals surface area contributed by atoms with Crippen molar-refractivity contribution in [3.63, 3.8) is 0 Å². The molecule has 0 saturated heterocycles. The average Bonchev–Trinajstić information content (AvgIpc) is 2.81. The van der Waals surface area contributed by atoms with E-state index in [4.69, 9.17) is 10.8 Å². The molecule has 0 amide bonds. The number of phenols is 2. The maximum absolute atomic E-state index is 10.7. The summed E-state index contributed by atoms with van der Waals surface area (Å²) >= 11 is 1.22. The van der Waals surface area contributed by atoms with Gasteiger partial charge in [-0.25, -0.2) is 4.98 Å². The Morgan fingerprint density at radius 1 is 1.33 bits per heavy atom. The summed E-state index contributed by atoms with van der Waals surface area (Å²) in [5, 5.41) is 29.4. The van der Waals surface area contributed by atoms with Crippen LogP contribution in [0.3, 0.4) is 0 Å². The maximum atomic E-state index is 10.7. The fourth-order valence-corrected chi connectivity index (χ4v) is 2.20. The van der Waals surface area contributed by atoms with Crippen LogP contribution in [0.1, 0.15) is 11.7 Å². The minimum absolute atomic E-state index is 0.224. The zero-order valence-corrected chi connectivity index (χ0v) is 9.89. The van der Waals surface area contributed by atoms with Crippen molar-refractivity contribution in [3.05, 3.63) is 29.3 Å². The molecule has 0 fully saturated rings. The van der Waals surface area contributed by atoms with Crippen LogP contribution in [0.4, 0.5) is 0 Å². The molecule has 18 heavy (non-hydrogen) atoms. The quantitative estimate of drug-likeness (QED) is 0.622. The smallest absolute Gasteiger partial charge is 0.326 e. The second kappa shape index (κ2) is 4.63. The first kappa shape index (κ1) is 12.3. The number of carbonyl (C=O) groups is 1. The Morgan fingerprint density at radius 3 is 2.67 bits per heavy atom. The highest BCUT2D eigenvalue weighted by Crippen LogP contribution is 2.32. The van der Waals surface area contributed by atoms with Crippen molar-refractivity contribution in [1.82, 2.24) is 4.98 Å². The van der Waals surface area contributed by atoms with Crippen molar-refractivity contribution in [2.45, 2.75) is 6.04 Å². The lowest BCUT2D eigenvalue weighted by Gasteiger charge is -2.02. The zero-order valence-electron chi connectivity index (χ0n) is 9.07. The fourth-order valence-electron chi connectivity index (χ4n) is 1.34. The van der Waals surface area contributed by atoms with Crippen LogP contribution in [-0.2, 0) is 4.79 Å². The van der Waals surface area contributed by atoms with Crippen LogP contribution in [-0.4, -0.2) is 26.3 Å². The number of aromatic hydroxyl groups is 2. The van der Waals surface area contributed by atoms with Crippen molar-refractivity contribution in [2.75, 3.05) is 0 Å². The second-order valence-electron chi connectivity index (χ2n) is 3.60. The van der Waals surface area contributed by atoms with Gasteiger partial charge in [0, 0.05) is 10.9 Å². The number of nitrogens with zero attached hydrogens (tertiary/aromatic N) is 1. The third kappa shape index (κ3) is 2.27. The summed E-state index contributed by atoms with van der Waals surface area (Å²) in [5.74, 6) is -1.63. The van der Waals surface area contributed by atoms with Gasteiger partial charge in [-0.3, -0.25) is 4.79 Å². The van der Waals surface area contributed by atoms with Gasteiger partial charge in [-0.2, -0.15) is 0 Å². The molecule has 1 atom stereocenters. The SMILES string of the molecule is NC(C(=O)O)c1csc(-c2ccc(O)c(O)c2)n1. The number of phenolic OH excluding ortho intramolecular Hbond substituents is 2. The van der Waals surface area contributed by atoms with E-state index in [1.165, 1.54) is 23.5 Å². The van der Waals surface area contributed by atoms with E-state index < -0.39 is 12.0 Å². The second-order valence-corrected chi connectivity index (χ2v) is 4.46. The summed E-state index contributed by atoms with van der Waals surface area (Å²) in [6.07, 6.45) is 0. The lowest BCUT2D eigenvalue weighted by Crippen LogP contribution is -2.20. The van der Waals surface area contributed by atoms with Crippen LogP contribution in [0, 0.1) is 0 Å². The number of rotatable bonds is 3. The standard InChI is InChI=1S/C11H10N2O4S/c12-9(11(16)17)6-4-18-10(13-6)5-1-2-7(14)8(15)3-5/h1-4,9,14-15H,12H2,(H,16,17). The Kier molecular flexibility index (Phi) is 3.17. The number of hydrogen-bond acceptors (Lipinski definition) is 6. The van der Waals surface area contributed by atoms with Crippen molar-refractivity contribution in [3.8, 4) is 22.1 Å². The van der Waals surface area contributed by atoms with Crippen molar-refractivity contribution in [1.29, 1.82) is 0 Å². The van der Waals surface area contributed by atoms with E-state index in [0.717, 1.165) is 0 Å². The van der Waals surface area contributed by atoms with Gasteiger partial charge in [0.1, 0.15) is 11.0 Å². The molecule has 5 N–H and O–H groups in total. The molecular weight excluding hydrogens is 256 g/mol. The molecule has 0 bridgehead atoms. The summed E-state index contributed by atoms with van der Waals surface area (Å²) < 4.78 is 0. The monoisotopic (exact) mass is 266 g/mol. The first-order chi connectivity index (χ1) is 8.49. The van der Waals surface area contributed by atoms with Crippen LogP contribution in [0.5, 0.6) is 11.5 Å². The summed E-state index contributed by atoms with van der Waals surface area (Å²) in [6.45, 7) is 0. The van der Waals surface area contributed by atoms with Crippen molar-refractivity contribution < 1.29 is 20.1 Å². The molecule has 2 rings (SSSR count). The van der Waals surface area contributed by atoms with Gasteiger partial charge in [0.25, 0.3) is 0 Å². The van der Waals surface area contributed by atoms with E-state index in [9.17, 15) is 15.0 Å². The maximum Gasteiger partial charge on any atom is 0.326 e. The predicted octanol–water partition coefficient (Wildman–Crippen LogP) is 1.31. The Bertz CT molecular complexity index is 596. The number of aliphatic carboxylic acids is 1. The molecule has 6 nitrogen and oxygen atoms in total. The van der Waals surface area contributed by atoms with Crippen LogP contribution >= 0.6 is 11.3 Å². The van der Waals surface area contributed by atoms with E-state index in [1.54, 1.807) is 11.4 Å². The molecule has 0 aliphatic carbocycles. The number of hydrogen-bond donors (Lipinski definition) is 4. The van der Waals surface area contributed by atoms with Gasteiger partial charge in [0.15, 0.2) is 11.5 Å². The normalized spacial score (nSPS) is 12.3. The van der Waals surface area contributed by atoms with Gasteiger partial charge in [-0.05, 0) is 18.2 Å². The third-order valence-corrected chi connectivity index (χ3v) is 3.24. The van der Waals surface area contributed by atoms with Gasteiger partial charge >= 0.3 is 5.97 Å². The highest BCUT2D eigenvalue weighted by Gasteiger charge is 2.18. The van der Waals surface area contributed by atoms with Crippen LogP contribution in [0.2, 0.25) is 0 Å². The molecule has 0 spiro atoms. The fraction of sp³-hybridized carbons (Fsp3) is 0.0909. The number of benzene rings is 1. The summed E-state index contributed by atoms with van der Waals surface area (Å²) in [4.78, 5) is 14.8. The van der Waals surface area contributed by atoms with E-state index in [2.05, 4.69) is 4.98 Å². The first-order valence-electron chi connectivity index (χ1n) is 4.95. The van der Waals surface area contributed by atoms with Crippen molar-refractivity contribution in [2.24, 2.45) is 5.73 Å². The first-order valence-corrected chi connectivity index (χ1v) is 5.83. The lowest BCUT2D eigenvalue weighted by molar-refractivity contribution is -0.138. The molecule has 94 valence electrons. The Balaban J connectivity index is 2.35. The molecule has 0 aliphatic heterocycles. The Hall–Kier alpha value is -2.12. The van der Waals surface area contributed by atoms with Gasteiger partial charge in [0.05, 0.1) is 5.69 Å². The zero-order chi connectivity index (χ0) is 13.3. The number of aromatic nitrogens is 1. The van der Waals surface area contributed by atoms with Gasteiger partial charge in [-0.15, -0.1) is 11.3 Å². The highest BCUT2D eigenvalue weighted by atomic mass is 32.1. The van der Waals surface area contributed by atoms with Gasteiger partial charge < -0.3 is 21.1 Å². The average molecular weight is 266 g/mol. The summed E-state index contributed by atoms with van der Waals surface area (Å²) in [7, 11) is 0. The van der Waals surface area contributed by atoms with Gasteiger partial charge in [-0.1, -0.05) is 0 Å². The third-order valence-electron chi connectivity index (χ3n) is 2.33. The lowest BCUT2D eigenvalue weighted by atomic mass is 10.2. The molecule has 7 heteroatoms. The molecule has 2 aromatic rings. The molecule has 1 heterocycles. The number of carboxylic acid groups (broad SMARTS) is 1.